The maximum Gasteiger partial charge on any atom is 0.416 e. The van der Waals surface area contributed by atoms with Gasteiger partial charge in [-0.2, -0.15) is 18.3 Å². The highest BCUT2D eigenvalue weighted by atomic mass is 32.2. The molecule has 1 N–H and O–H groups in total. The summed E-state index contributed by atoms with van der Waals surface area (Å²) in [7, 11) is -3.40. The van der Waals surface area contributed by atoms with Crippen LogP contribution in [0.15, 0.2) is 42.5 Å². The molecule has 1 aromatic heterocycles. The van der Waals surface area contributed by atoms with Gasteiger partial charge in [-0.05, 0) is 55.3 Å². The number of nitrogens with one attached hydrogen (secondary N) is 1. The quantitative estimate of drug-likeness (QED) is 0.650. The maximum atomic E-state index is 13.0. The van der Waals surface area contributed by atoms with E-state index in [0.29, 0.717) is 16.9 Å². The fraction of sp³-hybridized carbons (Fsp3) is 0.238. The summed E-state index contributed by atoms with van der Waals surface area (Å²) in [5.74, 6) is -1.21. The van der Waals surface area contributed by atoms with Gasteiger partial charge >= 0.3 is 6.18 Å². The third-order valence-corrected chi connectivity index (χ3v) is 6.65. The number of nitrogens with zero attached hydrogens (tertiary/aromatic N) is 2. The van der Waals surface area contributed by atoms with Crippen molar-refractivity contribution in [2.45, 2.75) is 31.5 Å². The van der Waals surface area contributed by atoms with Gasteiger partial charge in [-0.3, -0.25) is 4.79 Å². The Hall–Kier alpha value is -3.14. The molecule has 2 aromatic carbocycles. The van der Waals surface area contributed by atoms with E-state index in [1.165, 1.54) is 10.7 Å². The first-order valence-corrected chi connectivity index (χ1v) is 11.1. The highest BCUT2D eigenvalue weighted by molar-refractivity contribution is 7.90. The minimum atomic E-state index is -4.59. The van der Waals surface area contributed by atoms with Crippen LogP contribution in [-0.4, -0.2) is 24.1 Å². The molecule has 0 spiro atoms. The van der Waals surface area contributed by atoms with Gasteiger partial charge < -0.3 is 5.32 Å². The fourth-order valence-corrected chi connectivity index (χ4v) is 4.93. The molecule has 0 fully saturated rings. The van der Waals surface area contributed by atoms with Crippen molar-refractivity contribution in [1.29, 1.82) is 0 Å². The van der Waals surface area contributed by atoms with Crippen LogP contribution in [0.25, 0.3) is 5.69 Å². The number of carbonyl (C=O) groups excluding carboxylic acids is 1. The molecule has 6 nitrogen and oxygen atoms in total. The summed E-state index contributed by atoms with van der Waals surface area (Å²) in [6, 6.07) is 9.52. The van der Waals surface area contributed by atoms with E-state index in [2.05, 4.69) is 10.4 Å². The smallest absolute Gasteiger partial charge is 0.306 e. The number of anilines is 1. The van der Waals surface area contributed by atoms with Gasteiger partial charge in [-0.1, -0.05) is 12.1 Å². The van der Waals surface area contributed by atoms with Crippen LogP contribution in [0.2, 0.25) is 0 Å². The fourth-order valence-electron chi connectivity index (χ4n) is 3.43. The number of hydrogen-bond acceptors (Lipinski definition) is 4. The first-order chi connectivity index (χ1) is 14.4. The van der Waals surface area contributed by atoms with Gasteiger partial charge in [0.15, 0.2) is 9.84 Å². The van der Waals surface area contributed by atoms with Gasteiger partial charge in [0, 0.05) is 11.1 Å². The molecule has 1 amide bonds. The molecular weight excluding hydrogens is 431 g/mol. The summed E-state index contributed by atoms with van der Waals surface area (Å²) in [6.45, 7) is 3.84. The molecule has 0 saturated heterocycles. The molecular formula is C21H18F3N3O3S. The van der Waals surface area contributed by atoms with Gasteiger partial charge in [0.2, 0.25) is 0 Å². The second kappa shape index (κ2) is 7.23. The lowest BCUT2D eigenvalue weighted by Crippen LogP contribution is -2.18. The molecule has 3 aromatic rings. The molecule has 10 heteroatoms. The Kier molecular flexibility index (Phi) is 4.92. The van der Waals surface area contributed by atoms with E-state index < -0.39 is 27.5 Å². The van der Waals surface area contributed by atoms with Crippen LogP contribution in [0, 0.1) is 13.8 Å². The molecule has 0 radical (unpaired) electrons. The van der Waals surface area contributed by atoms with E-state index in [-0.39, 0.29) is 22.9 Å². The average Bonchev–Trinajstić information content (AvgIpc) is 3.16. The van der Waals surface area contributed by atoms with Crippen molar-refractivity contribution in [3.63, 3.8) is 0 Å². The van der Waals surface area contributed by atoms with Gasteiger partial charge in [0.25, 0.3) is 5.91 Å². The predicted octanol–water partition coefficient (Wildman–Crippen LogP) is 4.19. The highest BCUT2D eigenvalue weighted by Gasteiger charge is 2.34. The largest absolute Gasteiger partial charge is 0.416 e. The van der Waals surface area contributed by atoms with E-state index in [0.717, 1.165) is 29.3 Å². The Labute approximate surface area is 176 Å². The molecule has 0 bridgehead atoms. The zero-order chi connectivity index (χ0) is 22.6. The van der Waals surface area contributed by atoms with Gasteiger partial charge in [0.05, 0.1) is 28.5 Å². The molecule has 0 unspecified atom stereocenters. The van der Waals surface area contributed by atoms with Crippen LogP contribution in [0.3, 0.4) is 0 Å². The lowest BCUT2D eigenvalue weighted by atomic mass is 10.1. The number of carbonyl (C=O) groups is 1. The van der Waals surface area contributed by atoms with Crippen molar-refractivity contribution in [2.75, 3.05) is 5.32 Å². The lowest BCUT2D eigenvalue weighted by Gasteiger charge is -2.13. The average molecular weight is 449 g/mol. The highest BCUT2D eigenvalue weighted by Crippen LogP contribution is 2.34. The third-order valence-electron chi connectivity index (χ3n) is 5.21. The molecule has 4 rings (SSSR count). The Balaban J connectivity index is 1.77. The molecule has 2 heterocycles. The van der Waals surface area contributed by atoms with Crippen LogP contribution in [0.4, 0.5) is 19.0 Å². The number of halogens is 3. The Morgan fingerprint density at radius 3 is 2.48 bits per heavy atom. The maximum absolute atomic E-state index is 13.0. The van der Waals surface area contributed by atoms with Crippen molar-refractivity contribution < 1.29 is 26.4 Å². The van der Waals surface area contributed by atoms with Crippen LogP contribution in [0.5, 0.6) is 0 Å². The number of aryl methyl sites for hydroxylation is 2. The molecule has 0 aliphatic carbocycles. The summed E-state index contributed by atoms with van der Waals surface area (Å²) in [4.78, 5) is 12.8. The Bertz CT molecular complexity index is 1310. The van der Waals surface area contributed by atoms with Crippen LogP contribution < -0.4 is 5.32 Å². The molecule has 1 aliphatic heterocycles. The van der Waals surface area contributed by atoms with Crippen molar-refractivity contribution in [2.24, 2.45) is 0 Å². The molecule has 0 atom stereocenters. The van der Waals surface area contributed by atoms with Crippen molar-refractivity contribution >= 4 is 21.6 Å². The van der Waals surface area contributed by atoms with Crippen LogP contribution in [-0.2, 0) is 27.5 Å². The normalized spacial score (nSPS) is 15.0. The third kappa shape index (κ3) is 4.07. The number of alkyl halides is 3. The SMILES string of the molecule is Cc1ccc(-n2nc3c(c2NC(=O)c2cccc(C(F)(F)F)c2)CS(=O)(=O)C3)cc1C. The first-order valence-electron chi connectivity index (χ1n) is 9.32. The Morgan fingerprint density at radius 1 is 1.06 bits per heavy atom. The van der Waals surface area contributed by atoms with Crippen molar-refractivity contribution in [3.05, 3.63) is 76.0 Å². The standard InChI is InChI=1S/C21H18F3N3O3S/c1-12-6-7-16(8-13(12)2)27-19(17-10-31(29,30)11-18(17)26-27)25-20(28)14-4-3-5-15(9-14)21(22,23)24/h3-9H,10-11H2,1-2H3,(H,25,28). The molecule has 162 valence electrons. The van der Waals surface area contributed by atoms with E-state index in [1.54, 1.807) is 6.07 Å². The predicted molar refractivity (Wildman–Crippen MR) is 109 cm³/mol. The van der Waals surface area contributed by atoms with Gasteiger partial charge in [-0.15, -0.1) is 0 Å². The summed E-state index contributed by atoms with van der Waals surface area (Å²) in [6.07, 6.45) is -4.59. The molecule has 0 saturated carbocycles. The van der Waals surface area contributed by atoms with Crippen molar-refractivity contribution in [1.82, 2.24) is 9.78 Å². The Morgan fingerprint density at radius 2 is 1.81 bits per heavy atom. The summed E-state index contributed by atoms with van der Waals surface area (Å²) in [5.41, 5.74) is 2.13. The van der Waals surface area contributed by atoms with E-state index >= 15 is 0 Å². The minimum Gasteiger partial charge on any atom is -0.306 e. The number of rotatable bonds is 3. The lowest BCUT2D eigenvalue weighted by molar-refractivity contribution is -0.137. The zero-order valence-electron chi connectivity index (χ0n) is 16.6. The van der Waals surface area contributed by atoms with Gasteiger partial charge in [0.1, 0.15) is 5.82 Å². The number of aromatic nitrogens is 2. The zero-order valence-corrected chi connectivity index (χ0v) is 17.4. The monoisotopic (exact) mass is 449 g/mol. The van der Waals surface area contributed by atoms with E-state index in [9.17, 15) is 26.4 Å². The molecule has 31 heavy (non-hydrogen) atoms. The van der Waals surface area contributed by atoms with E-state index in [1.807, 2.05) is 26.0 Å². The summed E-state index contributed by atoms with van der Waals surface area (Å²) < 4.78 is 64.6. The number of amides is 1. The van der Waals surface area contributed by atoms with Crippen LogP contribution in [0.1, 0.15) is 38.3 Å². The number of sulfone groups is 1. The minimum absolute atomic E-state index is 0.140. The number of hydrogen-bond donors (Lipinski definition) is 1. The van der Waals surface area contributed by atoms with Crippen molar-refractivity contribution in [3.8, 4) is 5.69 Å². The summed E-state index contributed by atoms with van der Waals surface area (Å²) in [5, 5.41) is 6.96. The van der Waals surface area contributed by atoms with E-state index in [4.69, 9.17) is 0 Å². The summed E-state index contributed by atoms with van der Waals surface area (Å²) >= 11 is 0. The topological polar surface area (TPSA) is 81.1 Å². The van der Waals surface area contributed by atoms with Crippen LogP contribution >= 0.6 is 0 Å². The number of fused-ring (bicyclic) bond motifs is 1. The molecule has 1 aliphatic rings. The number of benzene rings is 2. The second-order valence-electron chi connectivity index (χ2n) is 7.52. The second-order valence-corrected chi connectivity index (χ2v) is 9.58. The van der Waals surface area contributed by atoms with Gasteiger partial charge in [-0.25, -0.2) is 13.1 Å². The first kappa shape index (κ1) is 21.1.